The smallest absolute Gasteiger partial charge is 0.466 e. The Hall–Kier alpha value is -3.86. The number of ether oxygens (including phenoxy) is 2. The quantitative estimate of drug-likeness (QED) is 0.222. The first kappa shape index (κ1) is 27.7. The first-order valence-electron chi connectivity index (χ1n) is 13.1. The minimum Gasteiger partial charge on any atom is -0.466 e. The van der Waals surface area contributed by atoms with Crippen molar-refractivity contribution < 1.29 is 32.2 Å². The van der Waals surface area contributed by atoms with Crippen LogP contribution in [0.5, 0.6) is 5.75 Å². The van der Waals surface area contributed by atoms with E-state index >= 15 is 0 Å². The molecule has 1 N–H and O–H groups in total. The number of amides is 1. The van der Waals surface area contributed by atoms with E-state index in [1.807, 2.05) is 13.1 Å². The van der Waals surface area contributed by atoms with Crippen LogP contribution in [0.4, 0.5) is 18.9 Å². The van der Waals surface area contributed by atoms with Gasteiger partial charge in [0.2, 0.25) is 0 Å². The van der Waals surface area contributed by atoms with Gasteiger partial charge in [-0.05, 0) is 67.7 Å². The van der Waals surface area contributed by atoms with E-state index in [1.54, 1.807) is 10.6 Å². The van der Waals surface area contributed by atoms with E-state index in [0.717, 1.165) is 48.3 Å². The van der Waals surface area contributed by atoms with Crippen molar-refractivity contribution in [3.63, 3.8) is 0 Å². The lowest BCUT2D eigenvalue weighted by Gasteiger charge is -2.28. The van der Waals surface area contributed by atoms with Crippen molar-refractivity contribution in [1.29, 1.82) is 0 Å². The van der Waals surface area contributed by atoms with Gasteiger partial charge in [0.05, 0.1) is 11.5 Å². The predicted molar refractivity (Wildman–Crippen MR) is 146 cm³/mol. The van der Waals surface area contributed by atoms with Crippen molar-refractivity contribution in [2.24, 2.45) is 5.92 Å². The Bertz CT molecular complexity index is 1460. The molecule has 0 saturated heterocycles. The molecule has 5 rings (SSSR count). The second kappa shape index (κ2) is 11.7. The number of carbonyl (C=O) groups excluding carboxylic acids is 2. The molecule has 0 aliphatic heterocycles. The third kappa shape index (κ3) is 6.82. The number of aromatic nitrogens is 2. The maximum Gasteiger partial charge on any atom is 0.573 e. The summed E-state index contributed by atoms with van der Waals surface area (Å²) in [5, 5.41) is 2.56. The topological polar surface area (TPSA) is 81.9 Å². The summed E-state index contributed by atoms with van der Waals surface area (Å²) in [7, 11) is 0. The van der Waals surface area contributed by atoms with Crippen LogP contribution in [0.15, 0.2) is 60.9 Å². The van der Waals surface area contributed by atoms with E-state index in [2.05, 4.69) is 39.3 Å². The summed E-state index contributed by atoms with van der Waals surface area (Å²) in [5.41, 5.74) is 2.65. The molecule has 2 aromatic carbocycles. The van der Waals surface area contributed by atoms with Gasteiger partial charge in [-0.25, -0.2) is 4.98 Å². The number of rotatable bonds is 8. The van der Waals surface area contributed by atoms with Crippen LogP contribution in [-0.4, -0.2) is 34.2 Å². The van der Waals surface area contributed by atoms with Crippen molar-refractivity contribution in [2.45, 2.75) is 51.3 Å². The van der Waals surface area contributed by atoms with Crippen LogP contribution in [0.25, 0.3) is 15.4 Å². The number of nitrogens with one attached hydrogen (secondary N) is 1. The van der Waals surface area contributed by atoms with Gasteiger partial charge in [0.15, 0.2) is 4.96 Å². The van der Waals surface area contributed by atoms with Gasteiger partial charge in [0.25, 0.3) is 5.91 Å². The molecule has 0 bridgehead atoms. The first-order valence-corrected chi connectivity index (χ1v) is 13.9. The van der Waals surface area contributed by atoms with Crippen LogP contribution >= 0.6 is 11.3 Å². The average Bonchev–Trinajstić information content (AvgIpc) is 3.49. The predicted octanol–water partition coefficient (Wildman–Crippen LogP) is 7.44. The molecule has 4 aromatic rings. The molecule has 7 nitrogen and oxygen atoms in total. The zero-order valence-corrected chi connectivity index (χ0v) is 22.6. The standard InChI is InChI=1S/C29H28F3N3O4S/c1-2-38-26(36)14-18-6-8-19(9-7-18)20-10-12-21(13-11-20)25-17-35-16-24(34-28(35)40-25)27(37)33-22-4-3-5-23(15-22)39-29(30,31)32/h3-5,10-13,15-19H,2,6-9,14H2,1H3,(H,33,37). The van der Waals surface area contributed by atoms with Gasteiger partial charge in [0, 0.05) is 30.6 Å². The molecule has 1 aliphatic carbocycles. The maximum atomic E-state index is 12.7. The first-order chi connectivity index (χ1) is 19.2. The highest BCUT2D eigenvalue weighted by atomic mass is 32.1. The molecule has 1 fully saturated rings. The fourth-order valence-electron chi connectivity index (χ4n) is 5.08. The van der Waals surface area contributed by atoms with Crippen LogP contribution in [0.1, 0.15) is 61.0 Å². The minimum atomic E-state index is -4.82. The molecule has 2 aromatic heterocycles. The Labute approximate surface area is 232 Å². The third-order valence-electron chi connectivity index (χ3n) is 6.99. The van der Waals surface area contributed by atoms with Gasteiger partial charge >= 0.3 is 12.3 Å². The van der Waals surface area contributed by atoms with Crippen LogP contribution in [0.3, 0.4) is 0 Å². The summed E-state index contributed by atoms with van der Waals surface area (Å²) in [5.74, 6) is -0.182. The highest BCUT2D eigenvalue weighted by Crippen LogP contribution is 2.38. The van der Waals surface area contributed by atoms with Gasteiger partial charge in [-0.15, -0.1) is 13.2 Å². The lowest BCUT2D eigenvalue weighted by atomic mass is 9.77. The van der Waals surface area contributed by atoms with Crippen LogP contribution in [-0.2, 0) is 9.53 Å². The van der Waals surface area contributed by atoms with Gasteiger partial charge in [0.1, 0.15) is 11.4 Å². The van der Waals surface area contributed by atoms with Crippen LogP contribution in [0, 0.1) is 5.92 Å². The number of esters is 1. The lowest BCUT2D eigenvalue weighted by Crippen LogP contribution is -2.17. The third-order valence-corrected chi connectivity index (χ3v) is 8.03. The van der Waals surface area contributed by atoms with Crippen molar-refractivity contribution in [3.8, 4) is 16.2 Å². The fraction of sp³-hybridized carbons (Fsp3) is 0.345. The molecule has 1 saturated carbocycles. The SMILES string of the molecule is CCOC(=O)CC1CCC(c2ccc(-c3cn4cc(C(=O)Nc5cccc(OC(F)(F)F)c5)nc4s3)cc2)CC1. The Balaban J connectivity index is 1.19. The number of hydrogen-bond donors (Lipinski definition) is 1. The molecule has 2 heterocycles. The van der Waals surface area contributed by atoms with Crippen molar-refractivity contribution in [3.05, 3.63) is 72.2 Å². The van der Waals surface area contributed by atoms with Crippen molar-refractivity contribution in [2.75, 3.05) is 11.9 Å². The average molecular weight is 572 g/mol. The highest BCUT2D eigenvalue weighted by molar-refractivity contribution is 7.20. The monoisotopic (exact) mass is 571 g/mol. The van der Waals surface area contributed by atoms with E-state index < -0.39 is 18.0 Å². The molecule has 1 aliphatic rings. The van der Waals surface area contributed by atoms with Crippen LogP contribution in [0.2, 0.25) is 0 Å². The largest absolute Gasteiger partial charge is 0.573 e. The minimum absolute atomic E-state index is 0.102. The number of imidazole rings is 1. The van der Waals surface area contributed by atoms with Gasteiger partial charge in [-0.3, -0.25) is 14.0 Å². The number of alkyl halides is 3. The zero-order chi connectivity index (χ0) is 28.3. The van der Waals surface area contributed by atoms with E-state index in [0.29, 0.717) is 29.8 Å². The second-order valence-electron chi connectivity index (χ2n) is 9.79. The zero-order valence-electron chi connectivity index (χ0n) is 21.7. The van der Waals surface area contributed by atoms with Crippen LogP contribution < -0.4 is 10.1 Å². The van der Waals surface area contributed by atoms with Crippen molar-refractivity contribution >= 4 is 33.9 Å². The Morgan fingerprint density at radius 3 is 2.50 bits per heavy atom. The van der Waals surface area contributed by atoms with E-state index in [4.69, 9.17) is 4.74 Å². The van der Waals surface area contributed by atoms with Gasteiger partial charge in [-0.1, -0.05) is 41.7 Å². The van der Waals surface area contributed by atoms with Gasteiger partial charge < -0.3 is 14.8 Å². The number of fused-ring (bicyclic) bond motifs is 1. The molecule has 1 amide bonds. The normalized spacial score (nSPS) is 17.5. The molecule has 0 atom stereocenters. The summed E-state index contributed by atoms with van der Waals surface area (Å²) < 4.78 is 48.2. The molecular formula is C29H28F3N3O4S. The Kier molecular flexibility index (Phi) is 8.11. The number of thiazole rings is 1. The Morgan fingerprint density at radius 1 is 1.07 bits per heavy atom. The molecule has 210 valence electrons. The second-order valence-corrected chi connectivity index (χ2v) is 10.8. The number of benzene rings is 2. The van der Waals surface area contributed by atoms with E-state index in [1.165, 1.54) is 29.0 Å². The summed E-state index contributed by atoms with van der Waals surface area (Å²) >= 11 is 1.44. The summed E-state index contributed by atoms with van der Waals surface area (Å²) in [6, 6.07) is 13.6. The molecule has 11 heteroatoms. The Morgan fingerprint density at radius 2 is 1.82 bits per heavy atom. The number of nitrogens with zero attached hydrogens (tertiary/aromatic N) is 2. The van der Waals surface area contributed by atoms with E-state index in [9.17, 15) is 22.8 Å². The number of anilines is 1. The molecule has 0 spiro atoms. The van der Waals surface area contributed by atoms with Crippen molar-refractivity contribution in [1.82, 2.24) is 9.38 Å². The van der Waals surface area contributed by atoms with E-state index in [-0.39, 0.29) is 17.4 Å². The highest BCUT2D eigenvalue weighted by Gasteiger charge is 2.31. The summed E-state index contributed by atoms with van der Waals surface area (Å²) in [6.45, 7) is 2.25. The summed E-state index contributed by atoms with van der Waals surface area (Å²) in [4.78, 5) is 30.4. The van der Waals surface area contributed by atoms with Gasteiger partial charge in [-0.2, -0.15) is 0 Å². The maximum absolute atomic E-state index is 12.7. The molecule has 0 radical (unpaired) electrons. The molecule has 40 heavy (non-hydrogen) atoms. The number of carbonyl (C=O) groups is 2. The number of halogens is 3. The molecule has 0 unspecified atom stereocenters. The lowest BCUT2D eigenvalue weighted by molar-refractivity contribution is -0.274. The summed E-state index contributed by atoms with van der Waals surface area (Å²) in [6.07, 6.45) is 3.34. The number of hydrogen-bond acceptors (Lipinski definition) is 6. The fourth-order valence-corrected chi connectivity index (χ4v) is 6.05. The molecular weight excluding hydrogens is 543 g/mol.